The highest BCUT2D eigenvalue weighted by molar-refractivity contribution is 5.77. The van der Waals surface area contributed by atoms with Crippen molar-refractivity contribution in [2.75, 3.05) is 6.61 Å². The predicted octanol–water partition coefficient (Wildman–Crippen LogP) is 16.4. The van der Waals surface area contributed by atoms with Crippen LogP contribution >= 0.6 is 0 Å². The molecule has 0 rings (SSSR count). The van der Waals surface area contributed by atoms with Crippen molar-refractivity contribution in [3.8, 4) is 0 Å². The number of esters is 1. The van der Waals surface area contributed by atoms with Crippen molar-refractivity contribution in [1.29, 1.82) is 0 Å². The number of hydrogen-bond donors (Lipinski definition) is 3. The van der Waals surface area contributed by atoms with E-state index in [-0.39, 0.29) is 24.9 Å². The van der Waals surface area contributed by atoms with E-state index in [1.807, 2.05) is 0 Å². The molecule has 0 radical (unpaired) electrons. The first-order chi connectivity index (χ1) is 31.0. The molecule has 0 aromatic rings. The summed E-state index contributed by atoms with van der Waals surface area (Å²) in [4.78, 5) is 26.2. The van der Waals surface area contributed by atoms with Crippen LogP contribution in [0.2, 0.25) is 0 Å². The van der Waals surface area contributed by atoms with Gasteiger partial charge in [-0.1, -0.05) is 223 Å². The Balaban J connectivity index is 4.56. The molecule has 0 aliphatic heterocycles. The zero-order valence-electron chi connectivity index (χ0n) is 41.7. The van der Waals surface area contributed by atoms with E-state index in [0.717, 1.165) is 89.9 Å². The van der Waals surface area contributed by atoms with E-state index in [1.165, 1.54) is 128 Å². The van der Waals surface area contributed by atoms with E-state index in [4.69, 9.17) is 4.74 Å². The van der Waals surface area contributed by atoms with Gasteiger partial charge in [-0.2, -0.15) is 0 Å². The third kappa shape index (κ3) is 45.9. The molecule has 3 unspecified atom stereocenters. The molecule has 0 aliphatic rings. The van der Waals surface area contributed by atoms with Gasteiger partial charge >= 0.3 is 5.97 Å². The van der Waals surface area contributed by atoms with Crippen molar-refractivity contribution >= 4 is 11.9 Å². The number of carbonyl (C=O) groups excluding carboxylic acids is 2. The summed E-state index contributed by atoms with van der Waals surface area (Å²) in [5, 5.41) is 23.8. The molecule has 0 bridgehead atoms. The summed E-state index contributed by atoms with van der Waals surface area (Å²) in [5.74, 6) is -0.518. The lowest BCUT2D eigenvalue weighted by molar-refractivity contribution is -0.151. The number of hydrogen-bond acceptors (Lipinski definition) is 5. The second-order valence-electron chi connectivity index (χ2n) is 18.2. The van der Waals surface area contributed by atoms with Gasteiger partial charge in [0.1, 0.15) is 6.10 Å². The van der Waals surface area contributed by atoms with Crippen molar-refractivity contribution in [1.82, 2.24) is 5.32 Å². The minimum Gasteiger partial charge on any atom is -0.462 e. The highest BCUT2D eigenvalue weighted by Crippen LogP contribution is 2.17. The average molecular weight is 882 g/mol. The van der Waals surface area contributed by atoms with Crippen molar-refractivity contribution in [3.63, 3.8) is 0 Å². The second-order valence-corrected chi connectivity index (χ2v) is 18.2. The molecule has 366 valence electrons. The number of carbonyl (C=O) groups is 2. The van der Waals surface area contributed by atoms with Crippen molar-refractivity contribution < 1.29 is 24.5 Å². The Morgan fingerprint density at radius 3 is 1.35 bits per heavy atom. The molecule has 3 atom stereocenters. The van der Waals surface area contributed by atoms with Gasteiger partial charge in [0.05, 0.1) is 25.2 Å². The molecule has 0 fully saturated rings. The van der Waals surface area contributed by atoms with Crippen LogP contribution in [0.5, 0.6) is 0 Å². The molecule has 0 aliphatic carbocycles. The minimum atomic E-state index is -0.800. The highest BCUT2D eigenvalue weighted by Gasteiger charge is 2.24. The van der Waals surface area contributed by atoms with Gasteiger partial charge in [-0.25, -0.2) is 0 Å². The number of nitrogens with one attached hydrogen (secondary N) is 1. The van der Waals surface area contributed by atoms with Gasteiger partial charge in [-0.05, 0) is 89.9 Å². The lowest BCUT2D eigenvalue weighted by atomic mass is 10.0. The van der Waals surface area contributed by atoms with E-state index in [2.05, 4.69) is 86.8 Å². The number of unbranched alkanes of at least 4 members (excludes halogenated alkanes) is 26. The fraction of sp³-hybridized carbons (Fsp3) is 0.789. The lowest BCUT2D eigenvalue weighted by Crippen LogP contribution is -2.46. The van der Waals surface area contributed by atoms with Gasteiger partial charge < -0.3 is 20.3 Å². The molecule has 6 heteroatoms. The van der Waals surface area contributed by atoms with Gasteiger partial charge in [0.25, 0.3) is 0 Å². The second kappa shape index (κ2) is 50.6. The van der Waals surface area contributed by atoms with Gasteiger partial charge in [0, 0.05) is 6.42 Å². The van der Waals surface area contributed by atoms with Crippen LogP contribution in [-0.2, 0) is 14.3 Å². The Bertz CT molecular complexity index is 1130. The van der Waals surface area contributed by atoms with Crippen LogP contribution in [0.4, 0.5) is 0 Å². The Hall–Kier alpha value is -2.44. The molecule has 6 nitrogen and oxygen atoms in total. The van der Waals surface area contributed by atoms with Gasteiger partial charge in [-0.3, -0.25) is 9.59 Å². The molecule has 0 aromatic carbocycles. The summed E-state index contributed by atoms with van der Waals surface area (Å²) in [6.07, 6.45) is 62.8. The first-order valence-electron chi connectivity index (χ1n) is 27.0. The topological polar surface area (TPSA) is 95.9 Å². The molecule has 1 amide bonds. The fourth-order valence-corrected chi connectivity index (χ4v) is 8.00. The van der Waals surface area contributed by atoms with Crippen LogP contribution in [0, 0.1) is 0 Å². The first kappa shape index (κ1) is 60.6. The largest absolute Gasteiger partial charge is 0.462 e. The van der Waals surface area contributed by atoms with E-state index in [0.29, 0.717) is 19.3 Å². The lowest BCUT2D eigenvalue weighted by Gasteiger charge is -2.24. The fourth-order valence-electron chi connectivity index (χ4n) is 8.00. The van der Waals surface area contributed by atoms with Crippen molar-refractivity contribution in [2.24, 2.45) is 0 Å². The Labute approximate surface area is 390 Å². The molecular weight excluding hydrogens is 779 g/mol. The summed E-state index contributed by atoms with van der Waals surface area (Å²) in [5.41, 5.74) is 0. The molecule has 0 aromatic heterocycles. The Morgan fingerprint density at radius 1 is 0.476 bits per heavy atom. The maximum atomic E-state index is 13.2. The Morgan fingerprint density at radius 2 is 0.857 bits per heavy atom. The van der Waals surface area contributed by atoms with Crippen LogP contribution in [0.15, 0.2) is 60.8 Å². The quantitative estimate of drug-likeness (QED) is 0.0321. The molecule has 0 spiro atoms. The number of ether oxygens (including phenoxy) is 1. The van der Waals surface area contributed by atoms with Crippen LogP contribution in [0.1, 0.15) is 265 Å². The van der Waals surface area contributed by atoms with Crippen LogP contribution in [0.25, 0.3) is 0 Å². The smallest absolute Gasteiger partial charge is 0.306 e. The zero-order chi connectivity index (χ0) is 45.9. The number of amides is 1. The number of aliphatic hydroxyl groups is 2. The van der Waals surface area contributed by atoms with E-state index >= 15 is 0 Å². The van der Waals surface area contributed by atoms with Crippen LogP contribution in [-0.4, -0.2) is 46.9 Å². The van der Waals surface area contributed by atoms with E-state index in [9.17, 15) is 19.8 Å². The first-order valence-corrected chi connectivity index (χ1v) is 27.0. The standard InChI is InChI=1S/C57H103NO5/c1-4-7-10-13-16-19-22-25-27-28-30-32-35-38-41-44-47-50-57(62)63-53(48-45-42-39-36-33-24-21-18-15-12-9-6-3)51-56(61)58-54(52-59)55(60)49-46-43-40-37-34-31-29-26-23-20-17-14-11-8-5-2/h9,12,16,18-19,21,25,27,33,36,53-55,59-60H,4-8,10-11,13-15,17,20,22-24,26,28-32,34-35,37-52H2,1-3H3,(H,58,61)/b12-9+,19-16-,21-18+,27-25-,36-33+. The van der Waals surface area contributed by atoms with Gasteiger partial charge in [0.2, 0.25) is 5.91 Å². The Kier molecular flexibility index (Phi) is 48.6. The number of rotatable bonds is 48. The zero-order valence-corrected chi connectivity index (χ0v) is 41.7. The normalized spacial score (nSPS) is 13.7. The maximum absolute atomic E-state index is 13.2. The van der Waals surface area contributed by atoms with Crippen LogP contribution in [0.3, 0.4) is 0 Å². The van der Waals surface area contributed by atoms with Crippen LogP contribution < -0.4 is 5.32 Å². The minimum absolute atomic E-state index is 0.0476. The summed E-state index contributed by atoms with van der Waals surface area (Å²) in [6, 6.07) is -0.717. The summed E-state index contributed by atoms with van der Waals surface area (Å²) < 4.78 is 5.92. The molecule has 0 heterocycles. The molecule has 0 saturated heterocycles. The van der Waals surface area contributed by atoms with Crippen molar-refractivity contribution in [3.05, 3.63) is 60.8 Å². The number of aliphatic hydroxyl groups excluding tert-OH is 2. The van der Waals surface area contributed by atoms with Crippen molar-refractivity contribution in [2.45, 2.75) is 283 Å². The molecule has 3 N–H and O–H groups in total. The number of allylic oxidation sites excluding steroid dienone is 10. The SMILES string of the molecule is CC/C=C/C/C=C/C/C=C/CCCCC(CC(=O)NC(CO)C(O)CCCCCCCCCCCCCCCCC)OC(=O)CCCCCCCCC/C=C\C/C=C\CCCCC. The van der Waals surface area contributed by atoms with Gasteiger partial charge in [0.15, 0.2) is 0 Å². The average Bonchev–Trinajstić information content (AvgIpc) is 3.28. The molecule has 63 heavy (non-hydrogen) atoms. The van der Waals surface area contributed by atoms with E-state index < -0.39 is 18.2 Å². The summed E-state index contributed by atoms with van der Waals surface area (Å²) in [6.45, 7) is 6.34. The molecular formula is C57H103NO5. The highest BCUT2D eigenvalue weighted by atomic mass is 16.5. The predicted molar refractivity (Wildman–Crippen MR) is 273 cm³/mol. The van der Waals surface area contributed by atoms with E-state index in [1.54, 1.807) is 0 Å². The summed E-state index contributed by atoms with van der Waals surface area (Å²) >= 11 is 0. The summed E-state index contributed by atoms with van der Waals surface area (Å²) in [7, 11) is 0. The third-order valence-electron chi connectivity index (χ3n) is 12.1. The van der Waals surface area contributed by atoms with Gasteiger partial charge in [-0.15, -0.1) is 0 Å². The maximum Gasteiger partial charge on any atom is 0.306 e. The molecule has 0 saturated carbocycles. The third-order valence-corrected chi connectivity index (χ3v) is 12.1. The monoisotopic (exact) mass is 882 g/mol.